The van der Waals surface area contributed by atoms with Gasteiger partial charge in [-0.1, -0.05) is 44.2 Å². The van der Waals surface area contributed by atoms with Crippen LogP contribution in [0.2, 0.25) is 0 Å². The predicted octanol–water partition coefficient (Wildman–Crippen LogP) is 3.53. The minimum Gasteiger partial charge on any atom is -0.480 e. The first-order valence-corrected chi connectivity index (χ1v) is 18.6. The Bertz CT molecular complexity index is 1850. The summed E-state index contributed by atoms with van der Waals surface area (Å²) >= 11 is 0. The van der Waals surface area contributed by atoms with Crippen molar-refractivity contribution < 1.29 is 41.2 Å². The Kier molecular flexibility index (Phi) is 14.1. The molecule has 2 amide bonds. The van der Waals surface area contributed by atoms with E-state index in [9.17, 15) is 46.4 Å². The molecule has 0 bridgehead atoms. The van der Waals surface area contributed by atoms with E-state index in [2.05, 4.69) is 15.4 Å². The number of unbranched alkanes of at least 4 members (excludes halogenated alkanes) is 1. The number of amides is 2. The monoisotopic (exact) mass is 731 g/mol. The fraction of sp³-hybridized carbons (Fsp3) is 0.364. The fourth-order valence-corrected chi connectivity index (χ4v) is 8.00. The van der Waals surface area contributed by atoms with E-state index in [0.29, 0.717) is 11.3 Å². The predicted molar refractivity (Wildman–Crippen MR) is 185 cm³/mol. The molecule has 3 aromatic rings. The zero-order valence-electron chi connectivity index (χ0n) is 27.8. The van der Waals surface area contributed by atoms with Gasteiger partial charge in [-0.25, -0.2) is 16.8 Å². The van der Waals surface area contributed by atoms with Crippen molar-refractivity contribution in [1.82, 2.24) is 14.3 Å². The molecule has 0 aliphatic carbocycles. The van der Waals surface area contributed by atoms with Gasteiger partial charge in [0.1, 0.15) is 12.1 Å². The molecule has 0 saturated heterocycles. The number of hydrogen-bond acceptors (Lipinski definition) is 9. The summed E-state index contributed by atoms with van der Waals surface area (Å²) in [6.45, 7) is 4.70. The van der Waals surface area contributed by atoms with Gasteiger partial charge >= 0.3 is 5.97 Å². The first kappa shape index (κ1) is 39.7. The van der Waals surface area contributed by atoms with E-state index in [1.807, 2.05) is 0 Å². The summed E-state index contributed by atoms with van der Waals surface area (Å²) in [5.41, 5.74) is 0.781. The van der Waals surface area contributed by atoms with Gasteiger partial charge in [0.15, 0.2) is 0 Å². The Labute approximate surface area is 291 Å². The molecule has 0 aliphatic rings. The highest BCUT2D eigenvalue weighted by atomic mass is 32.2. The topological polar surface area (TPSA) is 222 Å². The van der Waals surface area contributed by atoms with Gasteiger partial charge in [0.2, 0.25) is 31.9 Å². The van der Waals surface area contributed by atoms with Crippen LogP contribution in [0.5, 0.6) is 0 Å². The average Bonchev–Trinajstić information content (AvgIpc) is 3.05. The van der Waals surface area contributed by atoms with Crippen molar-refractivity contribution in [2.45, 2.75) is 68.3 Å². The average molecular weight is 732 g/mol. The van der Waals surface area contributed by atoms with E-state index < -0.39 is 48.9 Å². The molecule has 0 heterocycles. The van der Waals surface area contributed by atoms with Crippen molar-refractivity contribution in [1.29, 1.82) is 0 Å². The summed E-state index contributed by atoms with van der Waals surface area (Å²) in [6.07, 6.45) is 0.371. The molecule has 0 spiro atoms. The number of nitro groups is 1. The van der Waals surface area contributed by atoms with Crippen LogP contribution in [0.4, 0.5) is 11.4 Å². The molecular weight excluding hydrogens is 691 g/mol. The van der Waals surface area contributed by atoms with E-state index >= 15 is 0 Å². The van der Waals surface area contributed by atoms with Crippen LogP contribution in [-0.4, -0.2) is 74.1 Å². The Balaban J connectivity index is 1.70. The molecule has 15 nitrogen and oxygen atoms in total. The smallest absolute Gasteiger partial charge is 0.322 e. The van der Waals surface area contributed by atoms with Crippen molar-refractivity contribution in [3.8, 4) is 0 Å². The Hall–Kier alpha value is -4.71. The maximum absolute atomic E-state index is 13.5. The van der Waals surface area contributed by atoms with E-state index in [0.717, 1.165) is 28.6 Å². The number of carbonyl (C=O) groups excluding carboxylic acids is 2. The second-order valence-corrected chi connectivity index (χ2v) is 15.5. The van der Waals surface area contributed by atoms with Crippen molar-refractivity contribution in [2.24, 2.45) is 5.92 Å². The van der Waals surface area contributed by atoms with Crippen molar-refractivity contribution in [2.75, 3.05) is 18.4 Å². The van der Waals surface area contributed by atoms with Gasteiger partial charge in [0.05, 0.1) is 14.7 Å². The van der Waals surface area contributed by atoms with Crippen molar-refractivity contribution in [3.05, 3.63) is 94.5 Å². The maximum Gasteiger partial charge on any atom is 0.322 e. The van der Waals surface area contributed by atoms with E-state index in [4.69, 9.17) is 0 Å². The molecule has 0 aliphatic heterocycles. The molecule has 0 radical (unpaired) electrons. The van der Waals surface area contributed by atoms with E-state index in [-0.39, 0.29) is 66.1 Å². The summed E-state index contributed by atoms with van der Waals surface area (Å²) in [4.78, 5) is 46.9. The lowest BCUT2D eigenvalue weighted by atomic mass is 10.1. The summed E-state index contributed by atoms with van der Waals surface area (Å²) in [7, 11) is -8.53. The number of nitrogens with one attached hydrogen (secondary N) is 3. The quantitative estimate of drug-likeness (QED) is 0.0798. The number of sulfonamides is 2. The van der Waals surface area contributed by atoms with Gasteiger partial charge < -0.3 is 15.7 Å². The number of rotatable bonds is 19. The summed E-state index contributed by atoms with van der Waals surface area (Å²) < 4.78 is 56.9. The normalized spacial score (nSPS) is 13.1. The number of nitro benzene ring substituents is 1. The number of carboxylic acid groups (broad SMARTS) is 1. The number of anilines is 1. The molecule has 3 aromatic carbocycles. The van der Waals surface area contributed by atoms with Gasteiger partial charge in [-0.3, -0.25) is 24.5 Å². The standard InChI is InChI=1S/C33H41N5O10S2/c1-23(2)22-37(50(47,48)29-18-14-27(15-19-29)38(43)44)31(33(41)42)11-7-8-20-34-32(40)30(21-25-9-5-4-6-10-25)36-49(45,46)28-16-12-26(13-17-28)35-24(3)39/h4-6,9-10,12-19,23,30-31,36H,7-8,11,20-22H2,1-3H3,(H,34,40)(H,35,39)(H,41,42)/t30-,31-/m0/s1. The van der Waals surface area contributed by atoms with Crippen molar-refractivity contribution in [3.63, 3.8) is 0 Å². The molecule has 50 heavy (non-hydrogen) atoms. The first-order chi connectivity index (χ1) is 23.5. The number of carboxylic acids is 1. The summed E-state index contributed by atoms with van der Waals surface area (Å²) in [5, 5.41) is 26.3. The molecule has 3 rings (SSSR count). The van der Waals surface area contributed by atoms with Crippen LogP contribution < -0.4 is 15.4 Å². The zero-order valence-corrected chi connectivity index (χ0v) is 29.4. The minimum atomic E-state index is -4.35. The summed E-state index contributed by atoms with van der Waals surface area (Å²) in [6, 6.07) is 15.8. The van der Waals surface area contributed by atoms with Crippen molar-refractivity contribution >= 4 is 49.2 Å². The molecule has 4 N–H and O–H groups in total. The van der Waals surface area contributed by atoms with Crippen LogP contribution in [0, 0.1) is 16.0 Å². The lowest BCUT2D eigenvalue weighted by Gasteiger charge is -2.29. The van der Waals surface area contributed by atoms with E-state index in [1.54, 1.807) is 44.2 Å². The second-order valence-electron chi connectivity index (χ2n) is 11.9. The highest BCUT2D eigenvalue weighted by Crippen LogP contribution is 2.25. The number of benzene rings is 3. The molecule has 2 atom stereocenters. The van der Waals surface area contributed by atoms with Crippen LogP contribution >= 0.6 is 0 Å². The third kappa shape index (κ3) is 11.4. The van der Waals surface area contributed by atoms with Crippen LogP contribution in [0.25, 0.3) is 0 Å². The van der Waals surface area contributed by atoms with Crippen LogP contribution in [0.1, 0.15) is 45.6 Å². The van der Waals surface area contributed by atoms with Gasteiger partial charge in [0.25, 0.3) is 5.69 Å². The number of aliphatic carboxylic acids is 1. The maximum atomic E-state index is 13.5. The lowest BCUT2D eigenvalue weighted by molar-refractivity contribution is -0.384. The Morgan fingerprint density at radius 3 is 2.02 bits per heavy atom. The molecule has 270 valence electrons. The summed E-state index contributed by atoms with van der Waals surface area (Å²) in [5.74, 6) is -2.56. The molecule has 17 heteroatoms. The fourth-order valence-electron chi connectivity index (χ4n) is 5.03. The lowest BCUT2D eigenvalue weighted by Crippen LogP contribution is -2.48. The molecule has 0 unspecified atom stereocenters. The minimum absolute atomic E-state index is 0.0294. The van der Waals surface area contributed by atoms with Crippen LogP contribution in [-0.2, 0) is 40.9 Å². The third-order valence-electron chi connectivity index (χ3n) is 7.42. The van der Waals surface area contributed by atoms with Gasteiger partial charge in [-0.15, -0.1) is 0 Å². The van der Waals surface area contributed by atoms with Gasteiger partial charge in [-0.2, -0.15) is 9.03 Å². The van der Waals surface area contributed by atoms with Gasteiger partial charge in [0, 0.05) is 37.8 Å². The van der Waals surface area contributed by atoms with Crippen LogP contribution in [0.15, 0.2) is 88.7 Å². The number of carbonyl (C=O) groups is 3. The Morgan fingerprint density at radius 2 is 1.48 bits per heavy atom. The largest absolute Gasteiger partial charge is 0.480 e. The highest BCUT2D eigenvalue weighted by Gasteiger charge is 2.36. The molecule has 0 fully saturated rings. The number of nitrogens with zero attached hydrogens (tertiary/aromatic N) is 2. The highest BCUT2D eigenvalue weighted by molar-refractivity contribution is 7.89. The zero-order chi connectivity index (χ0) is 37.1. The second kappa shape index (κ2) is 17.8. The number of hydrogen-bond donors (Lipinski definition) is 4. The first-order valence-electron chi connectivity index (χ1n) is 15.7. The van der Waals surface area contributed by atoms with Gasteiger partial charge in [-0.05, 0) is 73.6 Å². The molecular formula is C33H41N5O10S2. The molecule has 0 saturated carbocycles. The number of non-ortho nitro benzene ring substituents is 1. The SMILES string of the molecule is CC(=O)Nc1ccc(S(=O)(=O)N[C@@H](Cc2ccccc2)C(=O)NCCCC[C@@H](C(=O)O)N(CC(C)C)S(=O)(=O)c2ccc([N+](=O)[O-])cc2)cc1. The Morgan fingerprint density at radius 1 is 0.880 bits per heavy atom. The molecule has 0 aromatic heterocycles. The van der Waals surface area contributed by atoms with Crippen LogP contribution in [0.3, 0.4) is 0 Å². The van der Waals surface area contributed by atoms with E-state index in [1.165, 1.54) is 31.2 Å². The third-order valence-corrected chi connectivity index (χ3v) is 10.8.